The molecule has 5 heteroatoms. The predicted molar refractivity (Wildman–Crippen MR) is 47.3 cm³/mol. The summed E-state index contributed by atoms with van der Waals surface area (Å²) < 4.78 is 0. The van der Waals surface area contributed by atoms with Crippen LogP contribution in [-0.2, 0) is 4.79 Å². The van der Waals surface area contributed by atoms with Gasteiger partial charge < -0.3 is 5.32 Å². The first-order valence-corrected chi connectivity index (χ1v) is 4.03. The van der Waals surface area contributed by atoms with E-state index in [1.807, 2.05) is 0 Å². The van der Waals surface area contributed by atoms with Crippen molar-refractivity contribution >= 4 is 23.3 Å². The molecule has 0 atom stereocenters. The molecule has 0 aliphatic rings. The minimum absolute atomic E-state index is 0.0941. The summed E-state index contributed by atoms with van der Waals surface area (Å²) in [6.07, 6.45) is 0.419. The van der Waals surface area contributed by atoms with E-state index in [9.17, 15) is 4.79 Å². The molecule has 66 valence electrons. The van der Waals surface area contributed by atoms with Crippen LogP contribution in [0, 0.1) is 6.92 Å². The highest BCUT2D eigenvalue weighted by Gasteiger charge is 2.08. The Balaban J connectivity index is 2.76. The van der Waals surface area contributed by atoms with Crippen molar-refractivity contribution < 1.29 is 4.79 Å². The standard InChI is InChI=1S/C7H10ClN3O/c1-3-5(12)9-7-6(8)4(2)10-11-7/h3H2,1-2H3,(H2,9,10,11,12). The average molecular weight is 188 g/mol. The molecular weight excluding hydrogens is 178 g/mol. The Morgan fingerprint density at radius 2 is 2.42 bits per heavy atom. The van der Waals surface area contributed by atoms with Gasteiger partial charge in [-0.05, 0) is 6.92 Å². The largest absolute Gasteiger partial charge is 0.308 e. The summed E-state index contributed by atoms with van der Waals surface area (Å²) >= 11 is 5.80. The third-order valence-electron chi connectivity index (χ3n) is 1.45. The maximum absolute atomic E-state index is 10.9. The van der Waals surface area contributed by atoms with Crippen LogP contribution >= 0.6 is 11.6 Å². The van der Waals surface area contributed by atoms with E-state index >= 15 is 0 Å². The molecule has 2 N–H and O–H groups in total. The molecule has 0 spiro atoms. The minimum Gasteiger partial charge on any atom is -0.308 e. The van der Waals surface area contributed by atoms with Gasteiger partial charge in [-0.2, -0.15) is 5.10 Å². The van der Waals surface area contributed by atoms with E-state index in [0.717, 1.165) is 5.69 Å². The highest BCUT2D eigenvalue weighted by atomic mass is 35.5. The molecule has 0 unspecified atom stereocenters. The normalized spacial score (nSPS) is 9.92. The molecule has 0 aliphatic carbocycles. The van der Waals surface area contributed by atoms with Gasteiger partial charge in [0.15, 0.2) is 5.82 Å². The second-order valence-electron chi connectivity index (χ2n) is 2.41. The summed E-state index contributed by atoms with van der Waals surface area (Å²) in [5, 5.41) is 9.52. The van der Waals surface area contributed by atoms with Crippen molar-refractivity contribution in [1.29, 1.82) is 0 Å². The van der Waals surface area contributed by atoms with Gasteiger partial charge in [0.05, 0.1) is 5.69 Å². The van der Waals surface area contributed by atoms with Crippen molar-refractivity contribution in [2.45, 2.75) is 20.3 Å². The zero-order valence-electron chi connectivity index (χ0n) is 6.94. The van der Waals surface area contributed by atoms with Gasteiger partial charge in [-0.3, -0.25) is 9.89 Å². The van der Waals surface area contributed by atoms with Crippen molar-refractivity contribution in [1.82, 2.24) is 10.2 Å². The van der Waals surface area contributed by atoms with Crippen LogP contribution in [0.2, 0.25) is 5.02 Å². The number of nitrogens with zero attached hydrogens (tertiary/aromatic N) is 1. The number of carbonyl (C=O) groups is 1. The number of aromatic amines is 1. The number of hydrogen-bond donors (Lipinski definition) is 2. The number of carbonyl (C=O) groups excluding carboxylic acids is 1. The number of amides is 1. The van der Waals surface area contributed by atoms with E-state index in [1.165, 1.54) is 0 Å². The highest BCUT2D eigenvalue weighted by Crippen LogP contribution is 2.21. The molecule has 0 aromatic carbocycles. The fourth-order valence-electron chi connectivity index (χ4n) is 0.719. The molecule has 4 nitrogen and oxygen atoms in total. The average Bonchev–Trinajstić information content (AvgIpc) is 2.36. The van der Waals surface area contributed by atoms with Gasteiger partial charge in [0.2, 0.25) is 5.91 Å². The Morgan fingerprint density at radius 1 is 1.75 bits per heavy atom. The number of nitrogens with one attached hydrogen (secondary N) is 2. The maximum atomic E-state index is 10.9. The van der Waals surface area contributed by atoms with Crippen LogP contribution in [0.25, 0.3) is 0 Å². The Morgan fingerprint density at radius 3 is 2.83 bits per heavy atom. The third-order valence-corrected chi connectivity index (χ3v) is 1.91. The summed E-state index contributed by atoms with van der Waals surface area (Å²) in [4.78, 5) is 10.9. The zero-order valence-corrected chi connectivity index (χ0v) is 7.70. The van der Waals surface area contributed by atoms with Crippen LogP contribution in [0.3, 0.4) is 0 Å². The number of anilines is 1. The molecular formula is C7H10ClN3O. The number of aromatic nitrogens is 2. The van der Waals surface area contributed by atoms with Gasteiger partial charge in [-0.25, -0.2) is 0 Å². The van der Waals surface area contributed by atoms with E-state index in [4.69, 9.17) is 11.6 Å². The number of halogens is 1. The molecule has 0 saturated heterocycles. The van der Waals surface area contributed by atoms with Gasteiger partial charge in [-0.15, -0.1) is 0 Å². The number of hydrogen-bond acceptors (Lipinski definition) is 2. The first kappa shape index (κ1) is 9.06. The predicted octanol–water partition coefficient (Wildman–Crippen LogP) is 1.72. The van der Waals surface area contributed by atoms with Gasteiger partial charge in [-0.1, -0.05) is 18.5 Å². The Hall–Kier alpha value is -1.03. The molecule has 12 heavy (non-hydrogen) atoms. The highest BCUT2D eigenvalue weighted by molar-refractivity contribution is 6.34. The van der Waals surface area contributed by atoms with Crippen LogP contribution in [0.15, 0.2) is 0 Å². The van der Waals surface area contributed by atoms with Crippen LogP contribution in [0.4, 0.5) is 5.82 Å². The van der Waals surface area contributed by atoms with Gasteiger partial charge in [0.1, 0.15) is 5.02 Å². The lowest BCUT2D eigenvalue weighted by molar-refractivity contribution is -0.115. The lowest BCUT2D eigenvalue weighted by Gasteiger charge is -1.97. The Bertz CT molecular complexity index is 295. The molecule has 0 aliphatic heterocycles. The Kier molecular flexibility index (Phi) is 2.70. The van der Waals surface area contributed by atoms with E-state index in [0.29, 0.717) is 17.3 Å². The summed E-state index contributed by atoms with van der Waals surface area (Å²) in [5.74, 6) is 0.310. The number of H-pyrrole nitrogens is 1. The summed E-state index contributed by atoms with van der Waals surface area (Å²) in [6, 6.07) is 0. The summed E-state index contributed by atoms with van der Waals surface area (Å²) in [5.41, 5.74) is 0.753. The lowest BCUT2D eigenvalue weighted by atomic mass is 10.4. The quantitative estimate of drug-likeness (QED) is 0.741. The van der Waals surface area contributed by atoms with Crippen molar-refractivity contribution in [2.75, 3.05) is 5.32 Å². The van der Waals surface area contributed by atoms with E-state index in [1.54, 1.807) is 13.8 Å². The van der Waals surface area contributed by atoms with Crippen molar-refractivity contribution in [3.63, 3.8) is 0 Å². The first-order valence-electron chi connectivity index (χ1n) is 3.65. The van der Waals surface area contributed by atoms with E-state index < -0.39 is 0 Å². The zero-order chi connectivity index (χ0) is 9.14. The Labute approximate surface area is 75.3 Å². The lowest BCUT2D eigenvalue weighted by Crippen LogP contribution is -2.09. The van der Waals surface area contributed by atoms with Crippen LogP contribution in [0.5, 0.6) is 0 Å². The monoisotopic (exact) mass is 187 g/mol. The molecule has 1 amide bonds. The van der Waals surface area contributed by atoms with Crippen LogP contribution < -0.4 is 5.32 Å². The summed E-state index contributed by atoms with van der Waals surface area (Å²) in [6.45, 7) is 3.56. The molecule has 0 radical (unpaired) electrons. The van der Waals surface area contributed by atoms with Gasteiger partial charge in [0.25, 0.3) is 0 Å². The first-order chi connectivity index (χ1) is 5.65. The second kappa shape index (κ2) is 3.58. The molecule has 1 aromatic rings. The molecule has 1 aromatic heterocycles. The number of rotatable bonds is 2. The van der Waals surface area contributed by atoms with Crippen molar-refractivity contribution in [3.05, 3.63) is 10.7 Å². The molecule has 1 heterocycles. The van der Waals surface area contributed by atoms with Gasteiger partial charge >= 0.3 is 0 Å². The third kappa shape index (κ3) is 1.76. The molecule has 0 fully saturated rings. The fraction of sp³-hybridized carbons (Fsp3) is 0.429. The molecule has 0 saturated carbocycles. The maximum Gasteiger partial charge on any atom is 0.225 e. The van der Waals surface area contributed by atoms with E-state index in [-0.39, 0.29) is 5.91 Å². The van der Waals surface area contributed by atoms with Gasteiger partial charge in [0, 0.05) is 6.42 Å². The fourth-order valence-corrected chi connectivity index (χ4v) is 0.851. The molecule has 0 bridgehead atoms. The van der Waals surface area contributed by atoms with Crippen molar-refractivity contribution in [2.24, 2.45) is 0 Å². The van der Waals surface area contributed by atoms with E-state index in [2.05, 4.69) is 15.5 Å². The SMILES string of the molecule is CCC(=O)Nc1n[nH]c(C)c1Cl. The smallest absolute Gasteiger partial charge is 0.225 e. The molecule has 1 rings (SSSR count). The van der Waals surface area contributed by atoms with Crippen LogP contribution in [-0.4, -0.2) is 16.1 Å². The number of aryl methyl sites for hydroxylation is 1. The minimum atomic E-state index is -0.0941. The summed E-state index contributed by atoms with van der Waals surface area (Å²) in [7, 11) is 0. The second-order valence-corrected chi connectivity index (χ2v) is 2.79. The van der Waals surface area contributed by atoms with Crippen LogP contribution in [0.1, 0.15) is 19.0 Å². The van der Waals surface area contributed by atoms with Crippen molar-refractivity contribution in [3.8, 4) is 0 Å². The topological polar surface area (TPSA) is 57.8 Å².